The minimum atomic E-state index is -0.155. The third kappa shape index (κ3) is 3.65. The van der Waals surface area contributed by atoms with Gasteiger partial charge < -0.3 is 10.2 Å². The molecule has 6 heteroatoms. The average Bonchev–Trinajstić information content (AvgIpc) is 3.08. The van der Waals surface area contributed by atoms with Gasteiger partial charge in [0.15, 0.2) is 0 Å². The van der Waals surface area contributed by atoms with Crippen LogP contribution >= 0.6 is 23.2 Å². The van der Waals surface area contributed by atoms with Crippen LogP contribution in [0.4, 0.5) is 4.79 Å². The third-order valence-electron chi connectivity index (χ3n) is 4.33. The van der Waals surface area contributed by atoms with Crippen molar-refractivity contribution in [2.75, 3.05) is 6.54 Å². The van der Waals surface area contributed by atoms with Gasteiger partial charge in [-0.05, 0) is 49.6 Å². The zero-order valence-electron chi connectivity index (χ0n) is 13.4. The van der Waals surface area contributed by atoms with Gasteiger partial charge in [0.2, 0.25) is 0 Å². The van der Waals surface area contributed by atoms with E-state index in [0.29, 0.717) is 10.0 Å². The molecule has 2 amide bonds. The monoisotopic (exact) mass is 363 g/mol. The molecule has 0 aliphatic carbocycles. The number of benzene rings is 1. The number of nitrogens with zero attached hydrogens (tertiary/aromatic N) is 2. The highest BCUT2D eigenvalue weighted by Gasteiger charge is 2.31. The van der Waals surface area contributed by atoms with Crippen molar-refractivity contribution < 1.29 is 4.79 Å². The van der Waals surface area contributed by atoms with Crippen molar-refractivity contribution in [1.82, 2.24) is 15.2 Å². The van der Waals surface area contributed by atoms with E-state index in [2.05, 4.69) is 10.3 Å². The predicted molar refractivity (Wildman–Crippen MR) is 96.3 cm³/mol. The number of hydrogen-bond donors (Lipinski definition) is 1. The molecular formula is C18H19Cl2N3O. The number of carbonyl (C=O) groups is 1. The van der Waals surface area contributed by atoms with Gasteiger partial charge in [-0.25, -0.2) is 4.79 Å². The highest BCUT2D eigenvalue weighted by atomic mass is 35.5. The normalized spacial score (nSPS) is 18.5. The maximum Gasteiger partial charge on any atom is 0.318 e. The summed E-state index contributed by atoms with van der Waals surface area (Å²) in [6.07, 6.45) is 3.68. The van der Waals surface area contributed by atoms with Gasteiger partial charge in [0, 0.05) is 12.7 Å². The Hall–Kier alpha value is -1.78. The van der Waals surface area contributed by atoms with Crippen LogP contribution < -0.4 is 5.32 Å². The number of carbonyl (C=O) groups excluding carboxylic acids is 1. The van der Waals surface area contributed by atoms with Crippen LogP contribution in [0.2, 0.25) is 10.0 Å². The Kier molecular flexibility index (Phi) is 5.27. The number of rotatable bonds is 3. The summed E-state index contributed by atoms with van der Waals surface area (Å²) in [6.45, 7) is 2.67. The van der Waals surface area contributed by atoms with Gasteiger partial charge in [-0.3, -0.25) is 4.98 Å². The van der Waals surface area contributed by atoms with Crippen molar-refractivity contribution in [1.29, 1.82) is 0 Å². The minimum Gasteiger partial charge on any atom is -0.331 e. The second-order valence-electron chi connectivity index (χ2n) is 5.95. The number of amides is 2. The van der Waals surface area contributed by atoms with E-state index < -0.39 is 0 Å². The lowest BCUT2D eigenvalue weighted by atomic mass is 10.1. The maximum absolute atomic E-state index is 12.7. The lowest BCUT2D eigenvalue weighted by molar-refractivity contribution is 0.189. The summed E-state index contributed by atoms with van der Waals surface area (Å²) in [4.78, 5) is 18.9. The molecule has 1 aromatic heterocycles. The Morgan fingerprint density at radius 3 is 2.83 bits per heavy atom. The summed E-state index contributed by atoms with van der Waals surface area (Å²) in [6, 6.07) is 11.0. The molecule has 2 atom stereocenters. The zero-order chi connectivity index (χ0) is 17.1. The smallest absolute Gasteiger partial charge is 0.318 e. The average molecular weight is 364 g/mol. The largest absolute Gasteiger partial charge is 0.331 e. The van der Waals surface area contributed by atoms with Gasteiger partial charge >= 0.3 is 6.03 Å². The summed E-state index contributed by atoms with van der Waals surface area (Å²) < 4.78 is 0. The van der Waals surface area contributed by atoms with E-state index in [1.54, 1.807) is 18.3 Å². The highest BCUT2D eigenvalue weighted by molar-refractivity contribution is 6.42. The number of likely N-dealkylation sites (tertiary alicyclic amines) is 1. The molecule has 3 rings (SSSR count). The first-order valence-corrected chi connectivity index (χ1v) is 8.75. The Bertz CT molecular complexity index is 723. The lowest BCUT2D eigenvalue weighted by Gasteiger charge is -2.26. The van der Waals surface area contributed by atoms with Crippen molar-refractivity contribution in [2.24, 2.45) is 0 Å². The summed E-state index contributed by atoms with van der Waals surface area (Å²) in [5, 5.41) is 4.04. The number of pyridine rings is 1. The van der Waals surface area contributed by atoms with Crippen molar-refractivity contribution >= 4 is 29.2 Å². The highest BCUT2D eigenvalue weighted by Crippen LogP contribution is 2.31. The van der Waals surface area contributed by atoms with Crippen LogP contribution in [0.15, 0.2) is 42.6 Å². The van der Waals surface area contributed by atoms with Crippen LogP contribution in [0.3, 0.4) is 0 Å². The van der Waals surface area contributed by atoms with Gasteiger partial charge in [0.1, 0.15) is 0 Å². The van der Waals surface area contributed by atoms with E-state index in [-0.39, 0.29) is 18.1 Å². The number of halogens is 2. The first-order chi connectivity index (χ1) is 11.6. The molecular weight excluding hydrogens is 345 g/mol. The van der Waals surface area contributed by atoms with Crippen LogP contribution in [-0.2, 0) is 0 Å². The molecule has 1 aromatic carbocycles. The van der Waals surface area contributed by atoms with Gasteiger partial charge in [-0.15, -0.1) is 0 Å². The fourth-order valence-electron chi connectivity index (χ4n) is 3.02. The second-order valence-corrected chi connectivity index (χ2v) is 6.77. The van der Waals surface area contributed by atoms with Gasteiger partial charge in [0.25, 0.3) is 0 Å². The second kappa shape index (κ2) is 7.41. The Balaban J connectivity index is 1.70. The number of nitrogens with one attached hydrogen (secondary N) is 1. The van der Waals surface area contributed by atoms with Crippen molar-refractivity contribution in [3.8, 4) is 0 Å². The SMILES string of the molecule is C[C@@H](NC(=O)N1CCC[C@@H]1c1ccccn1)c1ccc(Cl)c(Cl)c1. The first-order valence-electron chi connectivity index (χ1n) is 7.99. The van der Waals surface area contributed by atoms with Gasteiger partial charge in [-0.2, -0.15) is 0 Å². The van der Waals surface area contributed by atoms with E-state index in [9.17, 15) is 4.79 Å². The summed E-state index contributed by atoms with van der Waals surface area (Å²) in [5.74, 6) is 0. The molecule has 0 spiro atoms. The zero-order valence-corrected chi connectivity index (χ0v) is 14.9. The molecule has 4 nitrogen and oxygen atoms in total. The van der Waals surface area contributed by atoms with Crippen LogP contribution in [0.25, 0.3) is 0 Å². The molecule has 126 valence electrons. The Morgan fingerprint density at radius 1 is 1.29 bits per heavy atom. The van der Waals surface area contributed by atoms with E-state index in [0.717, 1.165) is 30.6 Å². The number of hydrogen-bond acceptors (Lipinski definition) is 2. The summed E-state index contributed by atoms with van der Waals surface area (Å²) >= 11 is 12.0. The molecule has 0 radical (unpaired) electrons. The molecule has 2 aromatic rings. The van der Waals surface area contributed by atoms with Crippen molar-refractivity contribution in [3.05, 3.63) is 63.9 Å². The Labute approximate surface area is 151 Å². The lowest BCUT2D eigenvalue weighted by Crippen LogP contribution is -2.40. The molecule has 0 bridgehead atoms. The molecule has 1 aliphatic rings. The molecule has 0 saturated carbocycles. The predicted octanol–water partition coefficient (Wildman–Crippen LogP) is 5.00. The minimum absolute atomic E-state index is 0.0344. The van der Waals surface area contributed by atoms with Crippen molar-refractivity contribution in [2.45, 2.75) is 31.8 Å². The standard InChI is InChI=1S/C18H19Cl2N3O/c1-12(13-7-8-14(19)15(20)11-13)22-18(24)23-10-4-6-17(23)16-5-2-3-9-21-16/h2-3,5,7-9,11-12,17H,4,6,10H2,1H3,(H,22,24)/t12-,17-/m1/s1. The topological polar surface area (TPSA) is 45.2 Å². The number of urea groups is 1. The van der Waals surface area contributed by atoms with Crippen LogP contribution in [-0.4, -0.2) is 22.5 Å². The summed E-state index contributed by atoms with van der Waals surface area (Å²) in [7, 11) is 0. The van der Waals surface area contributed by atoms with Gasteiger partial charge in [0.05, 0.1) is 27.8 Å². The fraction of sp³-hybridized carbons (Fsp3) is 0.333. The molecule has 24 heavy (non-hydrogen) atoms. The maximum atomic E-state index is 12.7. The van der Waals surface area contributed by atoms with E-state index >= 15 is 0 Å². The number of aromatic nitrogens is 1. The quantitative estimate of drug-likeness (QED) is 0.833. The van der Waals surface area contributed by atoms with Crippen LogP contribution in [0.1, 0.15) is 43.1 Å². The van der Waals surface area contributed by atoms with E-state index in [1.807, 2.05) is 36.1 Å². The van der Waals surface area contributed by atoms with Crippen LogP contribution in [0, 0.1) is 0 Å². The molecule has 1 aliphatic heterocycles. The molecule has 2 heterocycles. The molecule has 1 N–H and O–H groups in total. The molecule has 1 fully saturated rings. The van der Waals surface area contributed by atoms with Crippen molar-refractivity contribution in [3.63, 3.8) is 0 Å². The first kappa shape index (κ1) is 17.1. The van der Waals surface area contributed by atoms with E-state index in [4.69, 9.17) is 23.2 Å². The van der Waals surface area contributed by atoms with Gasteiger partial charge in [-0.1, -0.05) is 35.3 Å². The Morgan fingerprint density at radius 2 is 2.12 bits per heavy atom. The van der Waals surface area contributed by atoms with Crippen LogP contribution in [0.5, 0.6) is 0 Å². The molecule has 0 unspecified atom stereocenters. The summed E-state index contributed by atoms with van der Waals surface area (Å²) in [5.41, 5.74) is 1.86. The third-order valence-corrected chi connectivity index (χ3v) is 5.07. The van der Waals surface area contributed by atoms with E-state index in [1.165, 1.54) is 0 Å². The fourth-order valence-corrected chi connectivity index (χ4v) is 3.33. The molecule has 1 saturated heterocycles.